The fraction of sp³-hybridized carbons (Fsp3) is 0.200. The molecule has 0 aliphatic rings. The van der Waals surface area contributed by atoms with Crippen LogP contribution in [-0.4, -0.2) is 0 Å². The Morgan fingerprint density at radius 2 is 1.28 bits per heavy atom. The Balaban J connectivity index is 1.93. The van der Waals surface area contributed by atoms with Crippen molar-refractivity contribution in [1.29, 1.82) is 0 Å². The molecule has 18 heavy (non-hydrogen) atoms. The fourth-order valence-corrected chi connectivity index (χ4v) is 4.87. The largest absolute Gasteiger partial charge is 0.140 e. The van der Waals surface area contributed by atoms with Crippen LogP contribution in [0.5, 0.6) is 0 Å². The van der Waals surface area contributed by atoms with Gasteiger partial charge in [-0.15, -0.1) is 34.0 Å². The summed E-state index contributed by atoms with van der Waals surface area (Å²) in [7, 11) is 0. The van der Waals surface area contributed by atoms with E-state index >= 15 is 0 Å². The Labute approximate surface area is 120 Å². The minimum Gasteiger partial charge on any atom is -0.140 e. The highest BCUT2D eigenvalue weighted by atomic mass is 32.1. The third-order valence-electron chi connectivity index (χ3n) is 2.84. The summed E-state index contributed by atoms with van der Waals surface area (Å²) in [5.74, 6) is 0. The first-order chi connectivity index (χ1) is 8.76. The molecule has 3 heteroatoms. The van der Waals surface area contributed by atoms with E-state index in [0.717, 1.165) is 6.42 Å². The van der Waals surface area contributed by atoms with E-state index < -0.39 is 0 Å². The van der Waals surface area contributed by atoms with Crippen molar-refractivity contribution in [3.63, 3.8) is 0 Å². The lowest BCUT2D eigenvalue weighted by Crippen LogP contribution is -1.63. The third kappa shape index (κ3) is 2.30. The van der Waals surface area contributed by atoms with Crippen molar-refractivity contribution < 1.29 is 0 Å². The number of hydrogen-bond acceptors (Lipinski definition) is 3. The van der Waals surface area contributed by atoms with Gasteiger partial charge in [0.1, 0.15) is 0 Å². The Hall–Kier alpha value is -0.900. The summed E-state index contributed by atoms with van der Waals surface area (Å²) in [6.07, 6.45) is 1.13. The zero-order chi connectivity index (χ0) is 12.5. The second kappa shape index (κ2) is 5.00. The molecule has 0 saturated carbocycles. The van der Waals surface area contributed by atoms with Crippen LogP contribution in [0.1, 0.15) is 16.7 Å². The summed E-state index contributed by atoms with van der Waals surface area (Å²) in [5, 5.41) is 0. The van der Waals surface area contributed by atoms with Crippen molar-refractivity contribution in [1.82, 2.24) is 0 Å². The lowest BCUT2D eigenvalue weighted by Gasteiger charge is -1.91. The van der Waals surface area contributed by atoms with Gasteiger partial charge in [0.05, 0.1) is 0 Å². The highest BCUT2D eigenvalue weighted by Gasteiger charge is 2.08. The van der Waals surface area contributed by atoms with Crippen LogP contribution in [0.2, 0.25) is 0 Å². The topological polar surface area (TPSA) is 0 Å². The van der Waals surface area contributed by atoms with E-state index in [2.05, 4.69) is 50.2 Å². The lowest BCUT2D eigenvalue weighted by molar-refractivity contribution is 1.19. The normalized spacial score (nSPS) is 11.0. The van der Waals surface area contributed by atoms with Crippen molar-refractivity contribution in [2.45, 2.75) is 20.3 Å². The maximum atomic E-state index is 2.25. The van der Waals surface area contributed by atoms with E-state index in [9.17, 15) is 0 Å². The van der Waals surface area contributed by atoms with E-state index in [1.54, 1.807) is 0 Å². The molecule has 0 aliphatic heterocycles. The third-order valence-corrected chi connectivity index (χ3v) is 6.55. The van der Waals surface area contributed by atoms with Crippen LogP contribution < -0.4 is 0 Å². The molecule has 3 rings (SSSR count). The van der Waals surface area contributed by atoms with Crippen LogP contribution in [-0.2, 0) is 6.42 Å². The monoisotopic (exact) mass is 290 g/mol. The summed E-state index contributed by atoms with van der Waals surface area (Å²) in [4.78, 5) is 8.40. The number of rotatable bonds is 3. The van der Waals surface area contributed by atoms with E-state index in [1.807, 2.05) is 34.0 Å². The van der Waals surface area contributed by atoms with Gasteiger partial charge in [-0.05, 0) is 49.7 Å². The first kappa shape index (κ1) is 12.2. The zero-order valence-corrected chi connectivity index (χ0v) is 12.8. The van der Waals surface area contributed by atoms with Crippen LogP contribution in [0.3, 0.4) is 0 Å². The molecule has 0 spiro atoms. The Morgan fingerprint density at radius 1 is 0.722 bits per heavy atom. The summed E-state index contributed by atoms with van der Waals surface area (Å²) >= 11 is 5.68. The van der Waals surface area contributed by atoms with Gasteiger partial charge in [0.15, 0.2) is 0 Å². The molecule has 0 saturated heterocycles. The van der Waals surface area contributed by atoms with Gasteiger partial charge >= 0.3 is 0 Å². The van der Waals surface area contributed by atoms with Gasteiger partial charge in [-0.25, -0.2) is 0 Å². The molecule has 3 heterocycles. The summed E-state index contributed by atoms with van der Waals surface area (Å²) in [6, 6.07) is 13.4. The number of aryl methyl sites for hydroxylation is 2. The number of thiophene rings is 3. The van der Waals surface area contributed by atoms with Gasteiger partial charge in [0.2, 0.25) is 0 Å². The Morgan fingerprint density at radius 3 is 1.83 bits per heavy atom. The predicted molar refractivity (Wildman–Crippen MR) is 85.1 cm³/mol. The molecule has 0 amide bonds. The summed E-state index contributed by atoms with van der Waals surface area (Å²) < 4.78 is 0. The average Bonchev–Trinajstić information content (AvgIpc) is 3.07. The second-order valence-corrected chi connectivity index (χ2v) is 7.73. The molecule has 0 nitrogen and oxygen atoms in total. The van der Waals surface area contributed by atoms with Crippen LogP contribution in [0.4, 0.5) is 0 Å². The molecule has 0 atom stereocenters. The number of hydrogen-bond donors (Lipinski definition) is 0. The lowest BCUT2D eigenvalue weighted by atomic mass is 10.3. The first-order valence-corrected chi connectivity index (χ1v) is 8.47. The van der Waals surface area contributed by atoms with Crippen molar-refractivity contribution in [3.8, 4) is 19.5 Å². The molecule has 3 aromatic rings. The molecular formula is C15H14S3. The molecule has 0 aliphatic carbocycles. The minimum absolute atomic E-state index is 1.13. The van der Waals surface area contributed by atoms with E-state index in [0.29, 0.717) is 0 Å². The van der Waals surface area contributed by atoms with Gasteiger partial charge < -0.3 is 0 Å². The maximum Gasteiger partial charge on any atom is 0.0449 e. The Kier molecular flexibility index (Phi) is 3.37. The minimum atomic E-state index is 1.13. The van der Waals surface area contributed by atoms with E-state index in [1.165, 1.54) is 29.3 Å². The predicted octanol–water partition coefficient (Wildman–Crippen LogP) is 6.08. The fourth-order valence-electron chi connectivity index (χ4n) is 1.87. The van der Waals surface area contributed by atoms with Crippen LogP contribution in [0.15, 0.2) is 36.4 Å². The van der Waals surface area contributed by atoms with Gasteiger partial charge in [-0.3, -0.25) is 0 Å². The molecule has 0 aromatic carbocycles. The van der Waals surface area contributed by atoms with Crippen molar-refractivity contribution in [3.05, 3.63) is 46.2 Å². The maximum absolute atomic E-state index is 2.25. The van der Waals surface area contributed by atoms with Crippen LogP contribution in [0.25, 0.3) is 19.5 Å². The molecule has 0 radical (unpaired) electrons. The van der Waals surface area contributed by atoms with E-state index in [-0.39, 0.29) is 0 Å². The zero-order valence-electron chi connectivity index (χ0n) is 10.4. The molecule has 0 unspecified atom stereocenters. The van der Waals surface area contributed by atoms with Gasteiger partial charge in [-0.1, -0.05) is 6.92 Å². The van der Waals surface area contributed by atoms with Gasteiger partial charge in [0, 0.05) is 29.3 Å². The SMILES string of the molecule is CCc1ccc(-c2ccc(-c3ccc(C)s3)s2)s1. The molecular weight excluding hydrogens is 276 g/mol. The molecule has 0 bridgehead atoms. The summed E-state index contributed by atoms with van der Waals surface area (Å²) in [6.45, 7) is 4.37. The Bertz CT molecular complexity index is 655. The molecule has 0 fully saturated rings. The highest BCUT2D eigenvalue weighted by molar-refractivity contribution is 7.26. The van der Waals surface area contributed by atoms with E-state index in [4.69, 9.17) is 0 Å². The summed E-state index contributed by atoms with van der Waals surface area (Å²) in [5.41, 5.74) is 0. The van der Waals surface area contributed by atoms with Gasteiger partial charge in [-0.2, -0.15) is 0 Å². The average molecular weight is 290 g/mol. The second-order valence-electron chi connectivity index (χ2n) is 4.19. The standard InChI is InChI=1S/C15H14S3/c1-3-11-5-7-13(17-11)15-9-8-14(18-15)12-6-4-10(2)16-12/h4-9H,3H2,1-2H3. The smallest absolute Gasteiger partial charge is 0.0449 e. The highest BCUT2D eigenvalue weighted by Crippen LogP contribution is 2.39. The van der Waals surface area contributed by atoms with Crippen LogP contribution >= 0.6 is 34.0 Å². The van der Waals surface area contributed by atoms with Crippen molar-refractivity contribution in [2.24, 2.45) is 0 Å². The quantitative estimate of drug-likeness (QED) is 0.548. The molecule has 3 aromatic heterocycles. The van der Waals surface area contributed by atoms with Crippen LogP contribution in [0, 0.1) is 6.92 Å². The van der Waals surface area contributed by atoms with Crippen molar-refractivity contribution in [2.75, 3.05) is 0 Å². The van der Waals surface area contributed by atoms with Gasteiger partial charge in [0.25, 0.3) is 0 Å². The molecule has 92 valence electrons. The first-order valence-electron chi connectivity index (χ1n) is 6.02. The van der Waals surface area contributed by atoms with Crippen molar-refractivity contribution >= 4 is 34.0 Å². The molecule has 0 N–H and O–H groups in total.